The average molecular weight is 313 g/mol. The van der Waals surface area contributed by atoms with Gasteiger partial charge in [0.1, 0.15) is 6.10 Å². The molecule has 1 amide bonds. The number of benzene rings is 1. The van der Waals surface area contributed by atoms with Crippen LogP contribution in [0.2, 0.25) is 0 Å². The Labute approximate surface area is 115 Å². The first-order chi connectivity index (χ1) is 8.59. The van der Waals surface area contributed by atoms with Crippen molar-refractivity contribution in [2.75, 3.05) is 19.7 Å². The van der Waals surface area contributed by atoms with Crippen LogP contribution in [0.3, 0.4) is 0 Å². The molecule has 1 fully saturated rings. The van der Waals surface area contributed by atoms with Crippen LogP contribution in [0, 0.1) is 0 Å². The minimum Gasteiger partial charge on any atom is -0.370 e. The van der Waals surface area contributed by atoms with Gasteiger partial charge in [-0.25, -0.2) is 0 Å². The van der Waals surface area contributed by atoms with E-state index in [1.807, 2.05) is 24.3 Å². The minimum atomic E-state index is -0.456. The second-order valence-corrected chi connectivity index (χ2v) is 5.31. The number of amides is 1. The second kappa shape index (κ2) is 5.82. The van der Waals surface area contributed by atoms with Crippen LogP contribution in [0.5, 0.6) is 0 Å². The SMILES string of the molecule is C[C@@H](N)C(=O)N1CCO[C@@H](c2ccccc2Br)C1. The molecule has 0 bridgehead atoms. The summed E-state index contributed by atoms with van der Waals surface area (Å²) >= 11 is 3.51. The molecule has 0 unspecified atom stereocenters. The van der Waals surface area contributed by atoms with E-state index in [2.05, 4.69) is 15.9 Å². The van der Waals surface area contributed by atoms with Gasteiger partial charge in [0.15, 0.2) is 0 Å². The van der Waals surface area contributed by atoms with Crippen LogP contribution in [0.4, 0.5) is 0 Å². The lowest BCUT2D eigenvalue weighted by Gasteiger charge is -2.34. The highest BCUT2D eigenvalue weighted by Gasteiger charge is 2.27. The second-order valence-electron chi connectivity index (χ2n) is 4.45. The van der Waals surface area contributed by atoms with Gasteiger partial charge in [0, 0.05) is 11.0 Å². The first kappa shape index (κ1) is 13.5. The lowest BCUT2D eigenvalue weighted by molar-refractivity contribution is -0.140. The molecule has 4 nitrogen and oxygen atoms in total. The third kappa shape index (κ3) is 2.91. The summed E-state index contributed by atoms with van der Waals surface area (Å²) in [5, 5.41) is 0. The van der Waals surface area contributed by atoms with Gasteiger partial charge >= 0.3 is 0 Å². The van der Waals surface area contributed by atoms with Gasteiger partial charge in [-0.1, -0.05) is 34.1 Å². The number of ether oxygens (including phenoxy) is 1. The Morgan fingerprint density at radius 1 is 1.56 bits per heavy atom. The van der Waals surface area contributed by atoms with Gasteiger partial charge in [-0.05, 0) is 18.6 Å². The first-order valence-electron chi connectivity index (χ1n) is 6.00. The van der Waals surface area contributed by atoms with E-state index in [4.69, 9.17) is 10.5 Å². The summed E-state index contributed by atoms with van der Waals surface area (Å²) in [6, 6.07) is 7.46. The molecule has 0 aromatic heterocycles. The van der Waals surface area contributed by atoms with E-state index >= 15 is 0 Å². The highest BCUT2D eigenvalue weighted by molar-refractivity contribution is 9.10. The molecule has 2 N–H and O–H groups in total. The molecule has 0 aliphatic carbocycles. The molecule has 2 rings (SSSR count). The normalized spacial score (nSPS) is 21.7. The highest BCUT2D eigenvalue weighted by Crippen LogP contribution is 2.28. The topological polar surface area (TPSA) is 55.6 Å². The average Bonchev–Trinajstić information content (AvgIpc) is 2.38. The van der Waals surface area contributed by atoms with E-state index in [9.17, 15) is 4.79 Å². The zero-order valence-electron chi connectivity index (χ0n) is 10.3. The maximum atomic E-state index is 11.9. The number of halogens is 1. The number of hydrogen-bond donors (Lipinski definition) is 1. The number of nitrogens with two attached hydrogens (primary N) is 1. The molecule has 1 heterocycles. The molecule has 1 aliphatic heterocycles. The van der Waals surface area contributed by atoms with Crippen LogP contribution in [-0.2, 0) is 9.53 Å². The minimum absolute atomic E-state index is 0.0182. The van der Waals surface area contributed by atoms with Gasteiger partial charge in [-0.2, -0.15) is 0 Å². The Morgan fingerprint density at radius 2 is 2.28 bits per heavy atom. The van der Waals surface area contributed by atoms with Crippen LogP contribution >= 0.6 is 15.9 Å². The first-order valence-corrected chi connectivity index (χ1v) is 6.79. The van der Waals surface area contributed by atoms with E-state index < -0.39 is 6.04 Å². The molecule has 1 saturated heterocycles. The monoisotopic (exact) mass is 312 g/mol. The van der Waals surface area contributed by atoms with E-state index in [1.54, 1.807) is 11.8 Å². The van der Waals surface area contributed by atoms with Gasteiger partial charge in [0.25, 0.3) is 0 Å². The number of carbonyl (C=O) groups is 1. The third-order valence-electron chi connectivity index (χ3n) is 3.02. The van der Waals surface area contributed by atoms with Crippen molar-refractivity contribution in [2.24, 2.45) is 5.73 Å². The van der Waals surface area contributed by atoms with Crippen molar-refractivity contribution in [1.29, 1.82) is 0 Å². The molecule has 5 heteroatoms. The lowest BCUT2D eigenvalue weighted by atomic mass is 10.1. The Balaban J connectivity index is 2.12. The molecule has 1 aromatic rings. The summed E-state index contributed by atoms with van der Waals surface area (Å²) in [4.78, 5) is 13.7. The van der Waals surface area contributed by atoms with E-state index in [1.165, 1.54) is 0 Å². The smallest absolute Gasteiger partial charge is 0.239 e. The highest BCUT2D eigenvalue weighted by atomic mass is 79.9. The Bertz CT molecular complexity index is 437. The predicted molar refractivity (Wildman–Crippen MR) is 73.1 cm³/mol. The maximum Gasteiger partial charge on any atom is 0.239 e. The number of morpholine rings is 1. The van der Waals surface area contributed by atoms with Crippen LogP contribution in [0.25, 0.3) is 0 Å². The van der Waals surface area contributed by atoms with Gasteiger partial charge in [0.2, 0.25) is 5.91 Å². The summed E-state index contributed by atoms with van der Waals surface area (Å²) in [5.41, 5.74) is 6.71. The summed E-state index contributed by atoms with van der Waals surface area (Å²) in [6.45, 7) is 3.43. The summed E-state index contributed by atoms with van der Waals surface area (Å²) in [7, 11) is 0. The molecular formula is C13H17BrN2O2. The van der Waals surface area contributed by atoms with E-state index in [0.29, 0.717) is 19.7 Å². The molecule has 0 radical (unpaired) electrons. The van der Waals surface area contributed by atoms with E-state index in [-0.39, 0.29) is 12.0 Å². The van der Waals surface area contributed by atoms with Crippen molar-refractivity contribution in [3.63, 3.8) is 0 Å². The molecule has 1 aliphatic rings. The zero-order valence-corrected chi connectivity index (χ0v) is 11.9. The molecule has 0 saturated carbocycles. The molecule has 1 aromatic carbocycles. The lowest BCUT2D eigenvalue weighted by Crippen LogP contribution is -2.48. The number of nitrogens with zero attached hydrogens (tertiary/aromatic N) is 1. The zero-order chi connectivity index (χ0) is 13.1. The van der Waals surface area contributed by atoms with Crippen LogP contribution in [-0.4, -0.2) is 36.5 Å². The van der Waals surface area contributed by atoms with Gasteiger partial charge in [0.05, 0.1) is 19.2 Å². The molecule has 18 heavy (non-hydrogen) atoms. The van der Waals surface area contributed by atoms with Gasteiger partial charge < -0.3 is 15.4 Å². The maximum absolute atomic E-state index is 11.9. The fourth-order valence-corrected chi connectivity index (χ4v) is 2.60. The van der Waals surface area contributed by atoms with Crippen molar-refractivity contribution < 1.29 is 9.53 Å². The third-order valence-corrected chi connectivity index (χ3v) is 3.74. The largest absolute Gasteiger partial charge is 0.370 e. The van der Waals surface area contributed by atoms with Crippen molar-refractivity contribution in [3.05, 3.63) is 34.3 Å². The van der Waals surface area contributed by atoms with Gasteiger partial charge in [-0.15, -0.1) is 0 Å². The molecular weight excluding hydrogens is 296 g/mol. The van der Waals surface area contributed by atoms with Crippen molar-refractivity contribution >= 4 is 21.8 Å². The predicted octanol–water partition coefficient (Wildman–Crippen LogP) is 1.70. The van der Waals surface area contributed by atoms with Crippen LogP contribution in [0.1, 0.15) is 18.6 Å². The van der Waals surface area contributed by atoms with Gasteiger partial charge in [-0.3, -0.25) is 4.79 Å². The number of hydrogen-bond acceptors (Lipinski definition) is 3. The number of carbonyl (C=O) groups excluding carboxylic acids is 1. The van der Waals surface area contributed by atoms with Crippen molar-refractivity contribution in [2.45, 2.75) is 19.1 Å². The molecule has 98 valence electrons. The number of rotatable bonds is 2. The quantitative estimate of drug-likeness (QED) is 0.904. The fourth-order valence-electron chi connectivity index (χ4n) is 2.06. The van der Waals surface area contributed by atoms with Crippen LogP contribution in [0.15, 0.2) is 28.7 Å². The standard InChI is InChI=1S/C13H17BrN2O2/c1-9(15)13(17)16-6-7-18-12(8-16)10-4-2-3-5-11(10)14/h2-5,9,12H,6-8,15H2,1H3/t9-,12-/m1/s1. The van der Waals surface area contributed by atoms with E-state index in [0.717, 1.165) is 10.0 Å². The fraction of sp³-hybridized carbons (Fsp3) is 0.462. The Hall–Kier alpha value is -0.910. The molecule has 2 atom stereocenters. The summed E-state index contributed by atoms with van der Waals surface area (Å²) < 4.78 is 6.74. The van der Waals surface area contributed by atoms with Crippen LogP contribution < -0.4 is 5.73 Å². The summed E-state index contributed by atoms with van der Waals surface area (Å²) in [5.74, 6) is -0.0182. The van der Waals surface area contributed by atoms with Crippen molar-refractivity contribution in [3.8, 4) is 0 Å². The Kier molecular flexibility index (Phi) is 4.37. The Morgan fingerprint density at radius 3 is 2.94 bits per heavy atom. The van der Waals surface area contributed by atoms with Crippen molar-refractivity contribution in [1.82, 2.24) is 4.90 Å². The molecule has 0 spiro atoms. The summed E-state index contributed by atoms with van der Waals surface area (Å²) in [6.07, 6.45) is -0.0861.